The fraction of sp³-hybridized carbons (Fsp3) is 0.278. The summed E-state index contributed by atoms with van der Waals surface area (Å²) in [6, 6.07) is 9.00. The van der Waals surface area contributed by atoms with Gasteiger partial charge in [-0.15, -0.1) is 0 Å². The van der Waals surface area contributed by atoms with Crippen LogP contribution in [0.1, 0.15) is 11.1 Å². The molecule has 0 aliphatic rings. The standard InChI is InChI=1S/C18H21F2N3O2/c1-24-16-6-3-12(9-17(16)25-2)11-23-18(21)22-8-7-13-4-5-14(19)10-15(13)20/h3-6,9-10H,7-8,11H2,1-2H3,(H3,21,22,23). The molecule has 134 valence electrons. The van der Waals surface area contributed by atoms with E-state index in [4.69, 9.17) is 15.2 Å². The number of rotatable bonds is 7. The van der Waals surface area contributed by atoms with Gasteiger partial charge in [0, 0.05) is 12.6 Å². The Hall–Kier alpha value is -2.83. The molecule has 0 fully saturated rings. The van der Waals surface area contributed by atoms with Crippen molar-refractivity contribution in [2.75, 3.05) is 20.8 Å². The van der Waals surface area contributed by atoms with E-state index in [2.05, 4.69) is 10.3 Å². The first-order valence-corrected chi connectivity index (χ1v) is 7.72. The third-order valence-corrected chi connectivity index (χ3v) is 3.60. The number of ether oxygens (including phenoxy) is 2. The van der Waals surface area contributed by atoms with Crippen molar-refractivity contribution >= 4 is 5.96 Å². The molecular formula is C18H21F2N3O2. The number of nitrogens with zero attached hydrogens (tertiary/aromatic N) is 1. The summed E-state index contributed by atoms with van der Waals surface area (Å²) in [5.74, 6) is 0.348. The highest BCUT2D eigenvalue weighted by Crippen LogP contribution is 2.27. The summed E-state index contributed by atoms with van der Waals surface area (Å²) in [5.41, 5.74) is 7.13. The van der Waals surface area contributed by atoms with Crippen molar-refractivity contribution in [3.8, 4) is 11.5 Å². The van der Waals surface area contributed by atoms with Crippen LogP contribution in [0.5, 0.6) is 11.5 Å². The Balaban J connectivity index is 1.87. The van der Waals surface area contributed by atoms with E-state index in [9.17, 15) is 8.78 Å². The van der Waals surface area contributed by atoms with Gasteiger partial charge in [0.15, 0.2) is 17.5 Å². The van der Waals surface area contributed by atoms with Gasteiger partial charge in [0.1, 0.15) is 11.6 Å². The van der Waals surface area contributed by atoms with Crippen LogP contribution in [0.3, 0.4) is 0 Å². The fourth-order valence-corrected chi connectivity index (χ4v) is 2.26. The van der Waals surface area contributed by atoms with Crippen LogP contribution in [0.25, 0.3) is 0 Å². The minimum Gasteiger partial charge on any atom is -0.493 e. The van der Waals surface area contributed by atoms with Crippen molar-refractivity contribution in [1.82, 2.24) is 5.32 Å². The van der Waals surface area contributed by atoms with E-state index in [-0.39, 0.29) is 5.96 Å². The van der Waals surface area contributed by atoms with Crippen molar-refractivity contribution in [1.29, 1.82) is 0 Å². The lowest BCUT2D eigenvalue weighted by molar-refractivity contribution is 0.354. The van der Waals surface area contributed by atoms with Gasteiger partial charge < -0.3 is 20.5 Å². The Morgan fingerprint density at radius 1 is 1.08 bits per heavy atom. The Morgan fingerprint density at radius 3 is 2.52 bits per heavy atom. The summed E-state index contributed by atoms with van der Waals surface area (Å²) in [7, 11) is 3.14. The maximum absolute atomic E-state index is 13.5. The van der Waals surface area contributed by atoms with Crippen LogP contribution < -0.4 is 20.5 Å². The zero-order valence-electron chi connectivity index (χ0n) is 14.2. The minimum atomic E-state index is -0.592. The molecule has 0 aliphatic carbocycles. The zero-order chi connectivity index (χ0) is 18.2. The van der Waals surface area contributed by atoms with Crippen molar-refractivity contribution in [2.45, 2.75) is 13.0 Å². The molecule has 0 spiro atoms. The Morgan fingerprint density at radius 2 is 1.84 bits per heavy atom. The molecule has 5 nitrogen and oxygen atoms in total. The summed E-state index contributed by atoms with van der Waals surface area (Å²) < 4.78 is 36.8. The second kappa shape index (κ2) is 8.86. The SMILES string of the molecule is COc1ccc(CN=C(N)NCCc2ccc(F)cc2F)cc1OC. The van der Waals surface area contributed by atoms with Crippen molar-refractivity contribution in [3.05, 3.63) is 59.2 Å². The highest BCUT2D eigenvalue weighted by molar-refractivity contribution is 5.77. The van der Waals surface area contributed by atoms with Gasteiger partial charge >= 0.3 is 0 Å². The number of guanidine groups is 1. The van der Waals surface area contributed by atoms with Gasteiger partial charge in [-0.05, 0) is 35.7 Å². The molecular weight excluding hydrogens is 328 g/mol. The first-order valence-electron chi connectivity index (χ1n) is 7.72. The summed E-state index contributed by atoms with van der Waals surface area (Å²) in [4.78, 5) is 4.23. The average molecular weight is 349 g/mol. The molecule has 0 unspecified atom stereocenters. The number of hydrogen-bond acceptors (Lipinski definition) is 3. The van der Waals surface area contributed by atoms with Crippen molar-refractivity contribution < 1.29 is 18.3 Å². The molecule has 0 saturated heterocycles. The second-order valence-electron chi connectivity index (χ2n) is 5.30. The predicted molar refractivity (Wildman–Crippen MR) is 92.9 cm³/mol. The number of nitrogens with one attached hydrogen (secondary N) is 1. The van der Waals surface area contributed by atoms with Crippen LogP contribution in [-0.2, 0) is 13.0 Å². The molecule has 0 aliphatic heterocycles. The maximum atomic E-state index is 13.5. The van der Waals surface area contributed by atoms with Crippen molar-refractivity contribution in [2.24, 2.45) is 10.7 Å². The van der Waals surface area contributed by atoms with Crippen LogP contribution in [0.15, 0.2) is 41.4 Å². The number of hydrogen-bond donors (Lipinski definition) is 2. The maximum Gasteiger partial charge on any atom is 0.188 e. The topological polar surface area (TPSA) is 68.9 Å². The normalized spacial score (nSPS) is 11.3. The molecule has 25 heavy (non-hydrogen) atoms. The van der Waals surface area contributed by atoms with E-state index >= 15 is 0 Å². The monoisotopic (exact) mass is 349 g/mol. The van der Waals surface area contributed by atoms with Crippen LogP contribution in [0, 0.1) is 11.6 Å². The van der Waals surface area contributed by atoms with E-state index < -0.39 is 11.6 Å². The molecule has 0 aromatic heterocycles. The predicted octanol–water partition coefficient (Wildman–Crippen LogP) is 2.63. The molecule has 0 heterocycles. The molecule has 0 amide bonds. The van der Waals surface area contributed by atoms with Gasteiger partial charge in [0.05, 0.1) is 20.8 Å². The van der Waals surface area contributed by atoms with E-state index in [0.717, 1.165) is 11.6 Å². The van der Waals surface area contributed by atoms with Gasteiger partial charge in [-0.1, -0.05) is 12.1 Å². The first kappa shape index (κ1) is 18.5. The number of benzene rings is 2. The summed E-state index contributed by atoms with van der Waals surface area (Å²) in [5, 5.41) is 2.91. The second-order valence-corrected chi connectivity index (χ2v) is 5.30. The molecule has 2 aromatic rings. The van der Waals surface area contributed by atoms with Crippen molar-refractivity contribution in [3.63, 3.8) is 0 Å². The van der Waals surface area contributed by atoms with Gasteiger partial charge in [-0.25, -0.2) is 13.8 Å². The minimum absolute atomic E-state index is 0.248. The third-order valence-electron chi connectivity index (χ3n) is 3.60. The average Bonchev–Trinajstić information content (AvgIpc) is 2.61. The van der Waals surface area contributed by atoms with Crippen LogP contribution in [0.2, 0.25) is 0 Å². The number of methoxy groups -OCH3 is 2. The van der Waals surface area contributed by atoms with Gasteiger partial charge in [0.25, 0.3) is 0 Å². The quantitative estimate of drug-likeness (QED) is 0.596. The van der Waals surface area contributed by atoms with Crippen LogP contribution in [-0.4, -0.2) is 26.7 Å². The molecule has 3 N–H and O–H groups in total. The molecule has 2 aromatic carbocycles. The van der Waals surface area contributed by atoms with E-state index in [1.165, 1.54) is 12.1 Å². The smallest absolute Gasteiger partial charge is 0.188 e. The fourth-order valence-electron chi connectivity index (χ4n) is 2.26. The van der Waals surface area contributed by atoms with Gasteiger partial charge in [0.2, 0.25) is 0 Å². The third kappa shape index (κ3) is 5.34. The first-order chi connectivity index (χ1) is 12.0. The lowest BCUT2D eigenvalue weighted by Crippen LogP contribution is -2.33. The zero-order valence-corrected chi connectivity index (χ0v) is 14.2. The summed E-state index contributed by atoms with van der Waals surface area (Å²) in [6.07, 6.45) is 0.374. The van der Waals surface area contributed by atoms with E-state index in [1.807, 2.05) is 12.1 Å². The Bertz CT molecular complexity index is 751. The summed E-state index contributed by atoms with van der Waals surface area (Å²) in [6.45, 7) is 0.758. The number of nitrogens with two attached hydrogens (primary N) is 1. The Kier molecular flexibility index (Phi) is 6.56. The molecule has 0 atom stereocenters. The molecule has 0 radical (unpaired) electrons. The number of aliphatic imine (C=N–C) groups is 1. The highest BCUT2D eigenvalue weighted by atomic mass is 19.1. The van der Waals surface area contributed by atoms with Crippen LogP contribution >= 0.6 is 0 Å². The largest absolute Gasteiger partial charge is 0.493 e. The molecule has 7 heteroatoms. The van der Waals surface area contributed by atoms with Gasteiger partial charge in [-0.3, -0.25) is 0 Å². The summed E-state index contributed by atoms with van der Waals surface area (Å²) >= 11 is 0. The molecule has 0 bridgehead atoms. The van der Waals surface area contributed by atoms with Crippen LogP contribution in [0.4, 0.5) is 8.78 Å². The number of halogens is 2. The lowest BCUT2D eigenvalue weighted by atomic mass is 10.1. The highest BCUT2D eigenvalue weighted by Gasteiger charge is 2.05. The van der Waals surface area contributed by atoms with Gasteiger partial charge in [-0.2, -0.15) is 0 Å². The molecule has 2 rings (SSSR count). The lowest BCUT2D eigenvalue weighted by Gasteiger charge is -2.09. The van der Waals surface area contributed by atoms with E-state index in [1.54, 1.807) is 20.3 Å². The molecule has 0 saturated carbocycles. The Labute approximate surface area is 145 Å². The van der Waals surface area contributed by atoms with E-state index in [0.29, 0.717) is 36.6 Å².